The minimum atomic E-state index is -4.72. The van der Waals surface area contributed by atoms with Gasteiger partial charge in [0.05, 0.1) is 25.3 Å². The van der Waals surface area contributed by atoms with Crippen LogP contribution in [0.3, 0.4) is 0 Å². The van der Waals surface area contributed by atoms with Gasteiger partial charge in [-0.05, 0) is 30.5 Å². The van der Waals surface area contributed by atoms with Crippen LogP contribution in [-0.4, -0.2) is 47.1 Å². The number of benzene rings is 1. The highest BCUT2D eigenvalue weighted by Crippen LogP contribution is 2.37. The lowest BCUT2D eigenvalue weighted by Crippen LogP contribution is -2.60. The van der Waals surface area contributed by atoms with Crippen LogP contribution in [0.1, 0.15) is 34.5 Å². The topological polar surface area (TPSA) is 68.7 Å². The van der Waals surface area contributed by atoms with Crippen LogP contribution in [0, 0.1) is 5.92 Å². The number of Topliss-reactive ketones (excluding diaryl/α,β-unsaturated/α-hetero) is 1. The van der Waals surface area contributed by atoms with Gasteiger partial charge in [-0.3, -0.25) is 14.7 Å². The van der Waals surface area contributed by atoms with E-state index in [4.69, 9.17) is 9.47 Å². The summed E-state index contributed by atoms with van der Waals surface area (Å²) in [6, 6.07) is 10.8. The number of aromatic nitrogens is 1. The number of carbonyl (C=O) groups excluding carboxylic acids is 2. The molecule has 0 N–H and O–H groups in total. The number of halogens is 3. The molecule has 2 fully saturated rings. The summed E-state index contributed by atoms with van der Waals surface area (Å²) < 4.78 is 50.9. The molecule has 2 atom stereocenters. The molecule has 4 rings (SSSR count). The molecule has 1 amide bonds. The van der Waals surface area contributed by atoms with E-state index in [1.807, 2.05) is 30.3 Å². The first kappa shape index (κ1) is 21.3. The summed E-state index contributed by atoms with van der Waals surface area (Å²) in [5, 5.41) is 0. The van der Waals surface area contributed by atoms with Gasteiger partial charge in [0.25, 0.3) is 0 Å². The predicted molar refractivity (Wildman–Crippen MR) is 103 cm³/mol. The Morgan fingerprint density at radius 1 is 1.06 bits per heavy atom. The molecule has 2 aliphatic rings. The van der Waals surface area contributed by atoms with Crippen LogP contribution in [-0.2, 0) is 22.3 Å². The van der Waals surface area contributed by atoms with Crippen LogP contribution in [0.2, 0.25) is 0 Å². The van der Waals surface area contributed by atoms with Gasteiger partial charge in [-0.1, -0.05) is 30.3 Å². The Bertz CT molecular complexity index is 937. The summed E-state index contributed by atoms with van der Waals surface area (Å²) in [4.78, 5) is 30.6. The third-order valence-corrected chi connectivity index (χ3v) is 5.65. The fourth-order valence-electron chi connectivity index (χ4n) is 4.27. The maximum Gasteiger partial charge on any atom is 0.434 e. The molecule has 3 heterocycles. The molecule has 0 spiro atoms. The van der Waals surface area contributed by atoms with Gasteiger partial charge >= 0.3 is 12.3 Å². The van der Waals surface area contributed by atoms with Gasteiger partial charge in [-0.25, -0.2) is 4.79 Å². The van der Waals surface area contributed by atoms with Gasteiger partial charge < -0.3 is 9.47 Å². The largest absolute Gasteiger partial charge is 0.445 e. The number of hydrogen-bond donors (Lipinski definition) is 0. The smallest absolute Gasteiger partial charge is 0.434 e. The Morgan fingerprint density at radius 3 is 2.39 bits per heavy atom. The van der Waals surface area contributed by atoms with E-state index in [9.17, 15) is 22.8 Å². The number of pyridine rings is 1. The van der Waals surface area contributed by atoms with Gasteiger partial charge in [0.15, 0.2) is 11.5 Å². The molecule has 2 saturated heterocycles. The first-order valence-electron chi connectivity index (χ1n) is 9.97. The Kier molecular flexibility index (Phi) is 5.95. The van der Waals surface area contributed by atoms with Crippen molar-refractivity contribution in [2.45, 2.75) is 37.7 Å². The van der Waals surface area contributed by atoms with Crippen LogP contribution in [0.4, 0.5) is 18.0 Å². The maximum atomic E-state index is 13.3. The molecular weight excluding hydrogens is 413 g/mol. The average Bonchev–Trinajstić information content (AvgIpc) is 2.76. The highest BCUT2D eigenvalue weighted by molar-refractivity contribution is 5.99. The van der Waals surface area contributed by atoms with E-state index in [0.717, 1.165) is 17.8 Å². The van der Waals surface area contributed by atoms with E-state index >= 15 is 0 Å². The highest BCUT2D eigenvalue weighted by atomic mass is 19.4. The zero-order chi connectivity index (χ0) is 22.0. The maximum absolute atomic E-state index is 13.3. The number of carbonyl (C=O) groups is 2. The predicted octanol–water partition coefficient (Wildman–Crippen LogP) is 4.10. The lowest BCUT2D eigenvalue weighted by molar-refractivity contribution is -0.141. The number of ether oxygens (including phenoxy) is 2. The zero-order valence-corrected chi connectivity index (χ0v) is 16.5. The number of hydrogen-bond acceptors (Lipinski definition) is 5. The lowest BCUT2D eigenvalue weighted by atomic mass is 9.80. The lowest BCUT2D eigenvalue weighted by Gasteiger charge is -2.47. The fourth-order valence-corrected chi connectivity index (χ4v) is 4.27. The van der Waals surface area contributed by atoms with Gasteiger partial charge in [-0.15, -0.1) is 0 Å². The molecule has 9 heteroatoms. The zero-order valence-electron chi connectivity index (χ0n) is 16.5. The number of piperidine rings is 1. The second-order valence-corrected chi connectivity index (χ2v) is 7.72. The number of rotatable bonds is 4. The Balaban J connectivity index is 1.47. The third-order valence-electron chi connectivity index (χ3n) is 5.65. The molecule has 0 aliphatic carbocycles. The van der Waals surface area contributed by atoms with Gasteiger partial charge in [0, 0.05) is 17.7 Å². The van der Waals surface area contributed by atoms with Gasteiger partial charge in [-0.2, -0.15) is 13.2 Å². The summed E-state index contributed by atoms with van der Waals surface area (Å²) in [7, 11) is 0. The number of ketones is 1. The van der Waals surface area contributed by atoms with Crippen molar-refractivity contribution in [1.29, 1.82) is 0 Å². The van der Waals surface area contributed by atoms with Crippen LogP contribution in [0.15, 0.2) is 48.7 Å². The van der Waals surface area contributed by atoms with E-state index in [-0.39, 0.29) is 32.7 Å². The van der Waals surface area contributed by atoms with Crippen molar-refractivity contribution in [3.63, 3.8) is 0 Å². The van der Waals surface area contributed by atoms with Crippen molar-refractivity contribution in [1.82, 2.24) is 9.88 Å². The molecule has 2 aliphatic heterocycles. The molecule has 0 radical (unpaired) electrons. The van der Waals surface area contributed by atoms with Gasteiger partial charge in [0.1, 0.15) is 6.61 Å². The van der Waals surface area contributed by atoms with E-state index in [2.05, 4.69) is 4.98 Å². The second kappa shape index (κ2) is 8.66. The Labute approximate surface area is 177 Å². The average molecular weight is 434 g/mol. The van der Waals surface area contributed by atoms with Crippen LogP contribution >= 0.6 is 0 Å². The summed E-state index contributed by atoms with van der Waals surface area (Å²) in [5.74, 6) is -1.25. The number of alkyl halides is 3. The van der Waals surface area contributed by atoms with E-state index in [0.29, 0.717) is 0 Å². The Hall–Kier alpha value is -2.94. The SMILES string of the molecule is O=C(c1cccnc1C(F)(F)F)C1CC2COCC(C1)N2C(=O)OCc1ccccc1. The normalized spacial score (nSPS) is 23.3. The molecule has 2 unspecified atom stereocenters. The number of fused-ring (bicyclic) bond motifs is 2. The molecule has 6 nitrogen and oxygen atoms in total. The number of morpholine rings is 1. The summed E-state index contributed by atoms with van der Waals surface area (Å²) >= 11 is 0. The minimum absolute atomic E-state index is 0.115. The molecule has 31 heavy (non-hydrogen) atoms. The fraction of sp³-hybridized carbons (Fsp3) is 0.409. The molecule has 2 bridgehead atoms. The molecule has 1 aromatic heterocycles. The first-order chi connectivity index (χ1) is 14.8. The van der Waals surface area contributed by atoms with Crippen molar-refractivity contribution in [2.24, 2.45) is 5.92 Å². The summed E-state index contributed by atoms with van der Waals surface area (Å²) in [6.45, 7) is 0.531. The molecule has 164 valence electrons. The van der Waals surface area contributed by atoms with Crippen molar-refractivity contribution in [2.75, 3.05) is 13.2 Å². The third kappa shape index (κ3) is 4.56. The monoisotopic (exact) mass is 434 g/mol. The van der Waals surface area contributed by atoms with E-state index < -0.39 is 47.3 Å². The van der Waals surface area contributed by atoms with Crippen molar-refractivity contribution < 1.29 is 32.2 Å². The Morgan fingerprint density at radius 2 is 1.74 bits per heavy atom. The van der Waals surface area contributed by atoms with Crippen LogP contribution in [0.25, 0.3) is 0 Å². The molecule has 1 aromatic carbocycles. The quantitative estimate of drug-likeness (QED) is 0.678. The van der Waals surface area contributed by atoms with Crippen molar-refractivity contribution >= 4 is 11.9 Å². The first-order valence-corrected chi connectivity index (χ1v) is 9.97. The van der Waals surface area contributed by atoms with Crippen molar-refractivity contribution in [3.05, 3.63) is 65.5 Å². The summed E-state index contributed by atoms with van der Waals surface area (Å²) in [6.07, 6.45) is -3.78. The van der Waals surface area contributed by atoms with Crippen molar-refractivity contribution in [3.8, 4) is 0 Å². The van der Waals surface area contributed by atoms with E-state index in [1.54, 1.807) is 4.90 Å². The minimum Gasteiger partial charge on any atom is -0.445 e. The van der Waals surface area contributed by atoms with Crippen LogP contribution in [0.5, 0.6) is 0 Å². The van der Waals surface area contributed by atoms with E-state index in [1.165, 1.54) is 6.07 Å². The molecule has 2 aromatic rings. The molecular formula is C22H21F3N2O4. The second-order valence-electron chi connectivity index (χ2n) is 7.72. The highest BCUT2D eigenvalue weighted by Gasteiger charge is 2.46. The number of nitrogens with zero attached hydrogens (tertiary/aromatic N) is 2. The summed E-state index contributed by atoms with van der Waals surface area (Å²) in [5.41, 5.74) is -0.760. The molecule has 0 saturated carbocycles. The standard InChI is InChI=1S/C22H21F3N2O4/c23-22(24,25)20-18(7-4-8-26-20)19(28)15-9-16-12-30-13-17(10-15)27(16)21(29)31-11-14-5-2-1-3-6-14/h1-8,15-17H,9-13H2. The van der Waals surface area contributed by atoms with Gasteiger partial charge in [0.2, 0.25) is 0 Å². The van der Waals surface area contributed by atoms with Crippen LogP contribution < -0.4 is 0 Å². The number of amides is 1.